The van der Waals surface area contributed by atoms with Crippen molar-refractivity contribution in [2.75, 3.05) is 32.7 Å². The standard InChI is InChI=1S/C13H18N2O2S/c1-9(8-16-2)7-14-13-15-11-5-4-10(17-3)6-12(11)18-13/h4-6,9H,7-8H2,1-3H3,(H,14,15). The molecule has 1 unspecified atom stereocenters. The van der Waals surface area contributed by atoms with E-state index in [4.69, 9.17) is 9.47 Å². The summed E-state index contributed by atoms with van der Waals surface area (Å²) >= 11 is 1.64. The molecule has 0 aliphatic heterocycles. The minimum atomic E-state index is 0.469. The monoisotopic (exact) mass is 266 g/mol. The van der Waals surface area contributed by atoms with Gasteiger partial charge in [0.1, 0.15) is 5.75 Å². The van der Waals surface area contributed by atoms with Gasteiger partial charge in [0.05, 0.1) is 23.9 Å². The van der Waals surface area contributed by atoms with E-state index < -0.39 is 0 Å². The quantitative estimate of drug-likeness (QED) is 0.873. The molecule has 1 aromatic heterocycles. The Morgan fingerprint density at radius 3 is 2.94 bits per heavy atom. The average molecular weight is 266 g/mol. The number of thiazole rings is 1. The maximum absolute atomic E-state index is 5.20. The highest BCUT2D eigenvalue weighted by Gasteiger charge is 2.06. The Bertz CT molecular complexity index is 513. The van der Waals surface area contributed by atoms with Crippen LogP contribution in [-0.2, 0) is 4.74 Å². The van der Waals surface area contributed by atoms with E-state index in [9.17, 15) is 0 Å². The average Bonchev–Trinajstić information content (AvgIpc) is 2.78. The van der Waals surface area contributed by atoms with Gasteiger partial charge in [-0.15, -0.1) is 0 Å². The molecule has 4 nitrogen and oxygen atoms in total. The van der Waals surface area contributed by atoms with Gasteiger partial charge in [-0.2, -0.15) is 0 Å². The maximum atomic E-state index is 5.20. The molecule has 0 bridgehead atoms. The molecular formula is C13H18N2O2S. The van der Waals surface area contributed by atoms with Crippen LogP contribution in [0.3, 0.4) is 0 Å². The van der Waals surface area contributed by atoms with Crippen molar-refractivity contribution in [1.82, 2.24) is 4.98 Å². The Morgan fingerprint density at radius 2 is 2.22 bits per heavy atom. The first-order valence-electron chi connectivity index (χ1n) is 5.90. The Kier molecular flexibility index (Phi) is 4.38. The Balaban J connectivity index is 2.05. The first-order valence-corrected chi connectivity index (χ1v) is 6.72. The van der Waals surface area contributed by atoms with Crippen molar-refractivity contribution in [3.05, 3.63) is 18.2 Å². The van der Waals surface area contributed by atoms with Gasteiger partial charge in [-0.3, -0.25) is 0 Å². The smallest absolute Gasteiger partial charge is 0.183 e. The van der Waals surface area contributed by atoms with E-state index in [1.807, 2.05) is 18.2 Å². The number of benzene rings is 1. The van der Waals surface area contributed by atoms with Crippen molar-refractivity contribution in [3.8, 4) is 5.75 Å². The van der Waals surface area contributed by atoms with Crippen LogP contribution in [0.1, 0.15) is 6.92 Å². The second-order valence-electron chi connectivity index (χ2n) is 4.29. The minimum absolute atomic E-state index is 0.469. The molecule has 2 aromatic rings. The van der Waals surface area contributed by atoms with Crippen molar-refractivity contribution >= 4 is 26.7 Å². The number of aromatic nitrogens is 1. The summed E-state index contributed by atoms with van der Waals surface area (Å²) < 4.78 is 11.4. The fraction of sp³-hybridized carbons (Fsp3) is 0.462. The lowest BCUT2D eigenvalue weighted by atomic mass is 10.2. The molecule has 18 heavy (non-hydrogen) atoms. The zero-order valence-corrected chi connectivity index (χ0v) is 11.7. The fourth-order valence-corrected chi connectivity index (χ4v) is 2.61. The Hall–Kier alpha value is -1.33. The largest absolute Gasteiger partial charge is 0.497 e. The number of anilines is 1. The molecule has 0 spiro atoms. The van der Waals surface area contributed by atoms with Crippen LogP contribution < -0.4 is 10.1 Å². The molecule has 0 radical (unpaired) electrons. The Labute approximate surface area is 111 Å². The highest BCUT2D eigenvalue weighted by molar-refractivity contribution is 7.22. The van der Waals surface area contributed by atoms with Gasteiger partial charge in [0.2, 0.25) is 0 Å². The summed E-state index contributed by atoms with van der Waals surface area (Å²) in [7, 11) is 3.40. The number of methoxy groups -OCH3 is 2. The van der Waals surface area contributed by atoms with Gasteiger partial charge in [0.25, 0.3) is 0 Å². The van der Waals surface area contributed by atoms with Crippen molar-refractivity contribution < 1.29 is 9.47 Å². The lowest BCUT2D eigenvalue weighted by Gasteiger charge is -2.09. The summed E-state index contributed by atoms with van der Waals surface area (Å²) in [5.74, 6) is 1.34. The van der Waals surface area contributed by atoms with Crippen molar-refractivity contribution in [3.63, 3.8) is 0 Å². The van der Waals surface area contributed by atoms with Crippen LogP contribution in [-0.4, -0.2) is 32.4 Å². The molecule has 0 saturated carbocycles. The van der Waals surface area contributed by atoms with Gasteiger partial charge < -0.3 is 14.8 Å². The van der Waals surface area contributed by atoms with Gasteiger partial charge in [0.15, 0.2) is 5.13 Å². The van der Waals surface area contributed by atoms with Crippen molar-refractivity contribution in [1.29, 1.82) is 0 Å². The molecule has 0 aliphatic carbocycles. The van der Waals surface area contributed by atoms with E-state index in [0.29, 0.717) is 5.92 Å². The third-order valence-corrected chi connectivity index (χ3v) is 3.62. The van der Waals surface area contributed by atoms with Crippen LogP contribution >= 0.6 is 11.3 Å². The zero-order valence-electron chi connectivity index (χ0n) is 10.9. The van der Waals surface area contributed by atoms with E-state index in [0.717, 1.165) is 34.2 Å². The zero-order chi connectivity index (χ0) is 13.0. The summed E-state index contributed by atoms with van der Waals surface area (Å²) in [4.78, 5) is 4.53. The third-order valence-electron chi connectivity index (χ3n) is 2.65. The van der Waals surface area contributed by atoms with Crippen LogP contribution in [0.25, 0.3) is 10.2 Å². The number of rotatable bonds is 6. The topological polar surface area (TPSA) is 43.4 Å². The van der Waals surface area contributed by atoms with E-state index in [-0.39, 0.29) is 0 Å². The van der Waals surface area contributed by atoms with E-state index in [1.165, 1.54) is 0 Å². The molecule has 2 rings (SSSR count). The van der Waals surface area contributed by atoms with Crippen molar-refractivity contribution in [2.24, 2.45) is 5.92 Å². The van der Waals surface area contributed by atoms with E-state index in [2.05, 4.69) is 17.2 Å². The molecule has 1 atom stereocenters. The predicted octanol–water partition coefficient (Wildman–Crippen LogP) is 3.00. The number of hydrogen-bond acceptors (Lipinski definition) is 5. The van der Waals surface area contributed by atoms with Crippen LogP contribution in [0.4, 0.5) is 5.13 Å². The van der Waals surface area contributed by atoms with Gasteiger partial charge in [-0.1, -0.05) is 18.3 Å². The summed E-state index contributed by atoms with van der Waals surface area (Å²) in [6.07, 6.45) is 0. The molecule has 0 amide bonds. The van der Waals surface area contributed by atoms with Crippen molar-refractivity contribution in [2.45, 2.75) is 6.92 Å². The number of nitrogens with one attached hydrogen (secondary N) is 1. The SMILES string of the molecule is COCC(C)CNc1nc2ccc(OC)cc2s1. The molecule has 0 aliphatic rings. The third kappa shape index (κ3) is 3.11. The van der Waals surface area contributed by atoms with Crippen LogP contribution in [0.15, 0.2) is 18.2 Å². The highest BCUT2D eigenvalue weighted by atomic mass is 32.1. The number of hydrogen-bond donors (Lipinski definition) is 1. The van der Waals surface area contributed by atoms with Crippen LogP contribution in [0.2, 0.25) is 0 Å². The van der Waals surface area contributed by atoms with Gasteiger partial charge >= 0.3 is 0 Å². The first-order chi connectivity index (χ1) is 8.72. The molecule has 1 N–H and O–H groups in total. The normalized spacial score (nSPS) is 12.6. The van der Waals surface area contributed by atoms with Gasteiger partial charge in [-0.05, 0) is 24.1 Å². The van der Waals surface area contributed by atoms with E-state index in [1.54, 1.807) is 25.6 Å². The lowest BCUT2D eigenvalue weighted by Crippen LogP contribution is -2.15. The fourth-order valence-electron chi connectivity index (χ4n) is 1.71. The molecule has 0 fully saturated rings. The second-order valence-corrected chi connectivity index (χ2v) is 5.32. The van der Waals surface area contributed by atoms with E-state index >= 15 is 0 Å². The number of ether oxygens (including phenoxy) is 2. The summed E-state index contributed by atoms with van der Waals surface area (Å²) in [6.45, 7) is 3.77. The molecule has 1 heterocycles. The lowest BCUT2D eigenvalue weighted by molar-refractivity contribution is 0.164. The molecular weight excluding hydrogens is 248 g/mol. The molecule has 5 heteroatoms. The van der Waals surface area contributed by atoms with Crippen LogP contribution in [0.5, 0.6) is 5.75 Å². The van der Waals surface area contributed by atoms with Crippen LogP contribution in [0, 0.1) is 5.92 Å². The van der Waals surface area contributed by atoms with Gasteiger partial charge in [0, 0.05) is 13.7 Å². The highest BCUT2D eigenvalue weighted by Crippen LogP contribution is 2.29. The molecule has 98 valence electrons. The van der Waals surface area contributed by atoms with Gasteiger partial charge in [-0.25, -0.2) is 4.98 Å². The Morgan fingerprint density at radius 1 is 1.39 bits per heavy atom. The summed E-state index contributed by atoms with van der Waals surface area (Å²) in [5.41, 5.74) is 1.00. The maximum Gasteiger partial charge on any atom is 0.183 e. The second kappa shape index (κ2) is 6.02. The summed E-state index contributed by atoms with van der Waals surface area (Å²) in [5, 5.41) is 4.29. The molecule has 0 saturated heterocycles. The number of fused-ring (bicyclic) bond motifs is 1. The number of nitrogens with zero attached hydrogens (tertiary/aromatic N) is 1. The first kappa shape index (κ1) is 13.1. The summed E-state index contributed by atoms with van der Waals surface area (Å²) in [6, 6.07) is 5.92. The predicted molar refractivity (Wildman–Crippen MR) is 75.7 cm³/mol. The molecule has 1 aromatic carbocycles. The minimum Gasteiger partial charge on any atom is -0.497 e.